The van der Waals surface area contributed by atoms with Crippen LogP contribution in [0.15, 0.2) is 0 Å². The molecule has 0 spiro atoms. The van der Waals surface area contributed by atoms with Gasteiger partial charge in [-0.05, 0) is 0 Å². The average molecular weight is 168 g/mol. The highest BCUT2D eigenvalue weighted by Crippen LogP contribution is 2.12. The SMILES string of the molecule is O=C(O)C(F)([N+](=O)[O-])[N+](=O)[O-]. The molecule has 62 valence electrons. The molecule has 0 saturated carbocycles. The normalized spacial score (nSPS) is 10.6. The lowest BCUT2D eigenvalue weighted by molar-refractivity contribution is -0.811. The maximum Gasteiger partial charge on any atom is 0.715 e. The van der Waals surface area contributed by atoms with Crippen LogP contribution in [0, 0.1) is 20.2 Å². The number of nitrogens with zero attached hydrogens (tertiary/aromatic N) is 2. The molecule has 0 amide bonds. The van der Waals surface area contributed by atoms with Gasteiger partial charge in [-0.1, -0.05) is 4.39 Å². The van der Waals surface area contributed by atoms with E-state index in [-0.39, 0.29) is 0 Å². The molecule has 0 fully saturated rings. The van der Waals surface area contributed by atoms with Crippen LogP contribution >= 0.6 is 0 Å². The fraction of sp³-hybridized carbons (Fsp3) is 0.500. The van der Waals surface area contributed by atoms with Gasteiger partial charge in [0, 0.05) is 0 Å². The molecule has 0 unspecified atom stereocenters. The van der Waals surface area contributed by atoms with Crippen LogP contribution in [0.4, 0.5) is 4.39 Å². The molecule has 0 heterocycles. The number of carbonyl (C=O) groups is 1. The lowest BCUT2D eigenvalue weighted by Gasteiger charge is -2.00. The van der Waals surface area contributed by atoms with Gasteiger partial charge in [0.15, 0.2) is 0 Å². The van der Waals surface area contributed by atoms with Crippen LogP contribution in [0.25, 0.3) is 0 Å². The smallest absolute Gasteiger partial charge is 0.468 e. The van der Waals surface area contributed by atoms with E-state index in [2.05, 4.69) is 0 Å². The lowest BCUT2D eigenvalue weighted by Crippen LogP contribution is -2.49. The second-order valence-corrected chi connectivity index (χ2v) is 1.41. The Labute approximate surface area is 57.5 Å². The van der Waals surface area contributed by atoms with E-state index in [0.717, 1.165) is 0 Å². The molecule has 0 aliphatic heterocycles. The molecular weight excluding hydrogens is 167 g/mol. The fourth-order valence-electron chi connectivity index (χ4n) is 0.223. The summed E-state index contributed by atoms with van der Waals surface area (Å²) in [4.78, 5) is 24.4. The summed E-state index contributed by atoms with van der Waals surface area (Å²) in [6.07, 6.45) is 0. The molecule has 1 N–H and O–H groups in total. The second kappa shape index (κ2) is 2.44. The molecule has 0 saturated heterocycles. The van der Waals surface area contributed by atoms with Gasteiger partial charge in [-0.3, -0.25) is 20.2 Å². The highest BCUT2D eigenvalue weighted by Gasteiger charge is 2.67. The summed E-state index contributed by atoms with van der Waals surface area (Å²) in [6.45, 7) is 0. The summed E-state index contributed by atoms with van der Waals surface area (Å²) < 4.78 is 12.2. The van der Waals surface area contributed by atoms with Crippen molar-refractivity contribution in [2.45, 2.75) is 5.92 Å². The van der Waals surface area contributed by atoms with Gasteiger partial charge in [-0.2, -0.15) is 0 Å². The van der Waals surface area contributed by atoms with Crippen molar-refractivity contribution in [2.75, 3.05) is 0 Å². The Balaban J connectivity index is 4.99. The zero-order chi connectivity index (χ0) is 9.23. The quantitative estimate of drug-likeness (QED) is 0.256. The number of aliphatic carboxylic acids is 1. The minimum absolute atomic E-state index is 2.13. The molecule has 0 bridgehead atoms. The van der Waals surface area contributed by atoms with Crippen molar-refractivity contribution in [3.05, 3.63) is 20.2 Å². The number of rotatable bonds is 3. The minimum Gasteiger partial charge on any atom is -0.468 e. The summed E-state index contributed by atoms with van der Waals surface area (Å²) in [5, 5.41) is 26.7. The molecule has 11 heavy (non-hydrogen) atoms. The number of carboxylic acids is 1. The van der Waals surface area contributed by atoms with Crippen LogP contribution in [-0.2, 0) is 4.79 Å². The third kappa shape index (κ3) is 1.20. The van der Waals surface area contributed by atoms with Crippen LogP contribution < -0.4 is 0 Å². The summed E-state index contributed by atoms with van der Waals surface area (Å²) in [5.74, 6) is -7.40. The predicted octanol–water partition coefficient (Wildman–Crippen LogP) is -0.752. The van der Waals surface area contributed by atoms with E-state index in [1.807, 2.05) is 0 Å². The molecule has 9 heteroatoms. The first-order chi connectivity index (χ1) is 4.83. The molecule has 0 aromatic heterocycles. The van der Waals surface area contributed by atoms with Crippen LogP contribution in [0.2, 0.25) is 0 Å². The van der Waals surface area contributed by atoms with Gasteiger partial charge in [-0.25, -0.2) is 4.79 Å². The van der Waals surface area contributed by atoms with E-state index >= 15 is 0 Å². The Morgan fingerprint density at radius 2 is 1.64 bits per heavy atom. The summed E-state index contributed by atoms with van der Waals surface area (Å²) in [5.41, 5.74) is 0. The Hall–Kier alpha value is -1.80. The number of hydrogen-bond donors (Lipinski definition) is 1. The van der Waals surface area contributed by atoms with Crippen molar-refractivity contribution in [3.63, 3.8) is 0 Å². The zero-order valence-electron chi connectivity index (χ0n) is 4.76. The first-order valence-corrected chi connectivity index (χ1v) is 2.04. The Morgan fingerprint density at radius 1 is 1.36 bits per heavy atom. The standard InChI is InChI=1S/C2HFN2O6/c3-2(1(6)7,4(8)9)5(10)11/h(H,6,7). The first-order valence-electron chi connectivity index (χ1n) is 2.04. The van der Waals surface area contributed by atoms with E-state index in [4.69, 9.17) is 5.11 Å². The average Bonchev–Trinajstić information content (AvgIpc) is 1.84. The highest BCUT2D eigenvalue weighted by molar-refractivity contribution is 5.72. The van der Waals surface area contributed by atoms with E-state index < -0.39 is 21.7 Å². The number of carboxylic acid groups (broad SMARTS) is 1. The van der Waals surface area contributed by atoms with Crippen molar-refractivity contribution in [1.29, 1.82) is 0 Å². The fourth-order valence-corrected chi connectivity index (χ4v) is 0.223. The molecule has 0 aromatic carbocycles. The third-order valence-electron chi connectivity index (χ3n) is 0.756. The van der Waals surface area contributed by atoms with Crippen molar-refractivity contribution >= 4 is 5.97 Å². The molecule has 0 atom stereocenters. The van der Waals surface area contributed by atoms with Crippen molar-refractivity contribution < 1.29 is 24.1 Å². The monoisotopic (exact) mass is 168 g/mol. The summed E-state index contributed by atoms with van der Waals surface area (Å²) in [6, 6.07) is 0. The van der Waals surface area contributed by atoms with E-state index in [1.54, 1.807) is 0 Å². The first kappa shape index (κ1) is 9.20. The summed E-state index contributed by atoms with van der Waals surface area (Å²) >= 11 is 0. The van der Waals surface area contributed by atoms with Gasteiger partial charge in [0.25, 0.3) is 0 Å². The zero-order valence-corrected chi connectivity index (χ0v) is 4.76. The van der Waals surface area contributed by atoms with E-state index in [9.17, 15) is 29.4 Å². The molecule has 0 radical (unpaired) electrons. The van der Waals surface area contributed by atoms with Gasteiger partial charge >= 0.3 is 11.9 Å². The lowest BCUT2D eigenvalue weighted by atomic mass is 10.5. The van der Waals surface area contributed by atoms with Crippen molar-refractivity contribution in [2.24, 2.45) is 0 Å². The minimum atomic E-state index is -4.64. The second-order valence-electron chi connectivity index (χ2n) is 1.41. The predicted molar refractivity (Wildman–Crippen MR) is 25.5 cm³/mol. The van der Waals surface area contributed by atoms with Crippen LogP contribution in [-0.4, -0.2) is 26.8 Å². The third-order valence-corrected chi connectivity index (χ3v) is 0.756. The van der Waals surface area contributed by atoms with Gasteiger partial charge in [0.2, 0.25) is 0 Å². The highest BCUT2D eigenvalue weighted by atomic mass is 19.2. The number of alkyl halides is 1. The number of halogens is 1. The van der Waals surface area contributed by atoms with Gasteiger partial charge in [0.05, 0.1) is 0 Å². The Kier molecular flexibility index (Phi) is 2.04. The summed E-state index contributed by atoms with van der Waals surface area (Å²) in [7, 11) is 0. The molecule has 8 nitrogen and oxygen atoms in total. The number of nitro groups is 2. The van der Waals surface area contributed by atoms with Crippen molar-refractivity contribution in [3.8, 4) is 0 Å². The molecule has 0 aliphatic rings. The molecule has 0 aliphatic carbocycles. The molecular formula is C2HFN2O6. The van der Waals surface area contributed by atoms with Crippen LogP contribution in [0.5, 0.6) is 0 Å². The molecule has 0 aromatic rings. The Morgan fingerprint density at radius 3 is 1.64 bits per heavy atom. The largest absolute Gasteiger partial charge is 0.715 e. The van der Waals surface area contributed by atoms with Crippen LogP contribution in [0.1, 0.15) is 0 Å². The maximum absolute atomic E-state index is 12.2. The van der Waals surface area contributed by atoms with Gasteiger partial charge in [0.1, 0.15) is 9.85 Å². The van der Waals surface area contributed by atoms with Gasteiger partial charge in [-0.15, -0.1) is 0 Å². The Bertz CT molecular complexity index is 189. The van der Waals surface area contributed by atoms with E-state index in [0.29, 0.717) is 0 Å². The molecule has 0 rings (SSSR count). The maximum atomic E-state index is 12.2. The van der Waals surface area contributed by atoms with E-state index in [1.165, 1.54) is 0 Å². The van der Waals surface area contributed by atoms with Crippen LogP contribution in [0.3, 0.4) is 0 Å². The number of hydrogen-bond acceptors (Lipinski definition) is 5. The topological polar surface area (TPSA) is 124 Å². The van der Waals surface area contributed by atoms with Crippen molar-refractivity contribution in [1.82, 2.24) is 0 Å². The van der Waals surface area contributed by atoms with Gasteiger partial charge < -0.3 is 5.11 Å².